The van der Waals surface area contributed by atoms with Gasteiger partial charge in [-0.3, -0.25) is 4.57 Å². The van der Waals surface area contributed by atoms with E-state index >= 15 is 0 Å². The van der Waals surface area contributed by atoms with Gasteiger partial charge in [0.2, 0.25) is 5.88 Å². The van der Waals surface area contributed by atoms with Crippen molar-refractivity contribution in [1.82, 2.24) is 14.5 Å². The molecule has 0 unspecified atom stereocenters. The van der Waals surface area contributed by atoms with Crippen LogP contribution in [0.25, 0.3) is 38.9 Å². The molecule has 1 spiro atoms. The zero-order valence-corrected chi connectivity index (χ0v) is 30.2. The van der Waals surface area contributed by atoms with E-state index in [0.717, 1.165) is 59.2 Å². The monoisotopic (exact) mass is 830 g/mol. The molecule has 0 aliphatic heterocycles. The number of nitrogens with zero attached hydrogens (tertiary/aromatic N) is 3. The Bertz CT molecular complexity index is 2350. The molecule has 1 saturated carbocycles. The van der Waals surface area contributed by atoms with Crippen molar-refractivity contribution in [3.63, 3.8) is 0 Å². The Morgan fingerprint density at radius 2 is 1.56 bits per heavy atom. The van der Waals surface area contributed by atoms with Gasteiger partial charge < -0.3 is 4.74 Å². The number of hydrogen-bond acceptors (Lipinski definition) is 3. The molecule has 3 heterocycles. The fraction of sp³-hybridized carbons (Fsp3) is 0.244. The summed E-state index contributed by atoms with van der Waals surface area (Å²) in [5.74, 6) is 2.67. The van der Waals surface area contributed by atoms with Crippen molar-refractivity contribution in [3.8, 4) is 28.6 Å². The van der Waals surface area contributed by atoms with Crippen molar-refractivity contribution < 1.29 is 25.8 Å². The number of pyridine rings is 2. The van der Waals surface area contributed by atoms with Gasteiger partial charge in [0, 0.05) is 28.8 Å². The van der Waals surface area contributed by atoms with Crippen LogP contribution in [0.15, 0.2) is 109 Å². The van der Waals surface area contributed by atoms with Gasteiger partial charge in [-0.05, 0) is 90.5 Å². The molecule has 50 heavy (non-hydrogen) atoms. The van der Waals surface area contributed by atoms with E-state index in [1.807, 2.05) is 36.5 Å². The first-order valence-corrected chi connectivity index (χ1v) is 17.9. The van der Waals surface area contributed by atoms with Crippen molar-refractivity contribution in [2.24, 2.45) is 5.41 Å². The van der Waals surface area contributed by atoms with Crippen LogP contribution < -0.4 is 4.74 Å². The first-order valence-electron chi connectivity index (χ1n) is 17.9. The van der Waals surface area contributed by atoms with Crippen molar-refractivity contribution in [2.75, 3.05) is 0 Å². The molecule has 4 aromatic carbocycles. The predicted octanol–water partition coefficient (Wildman–Crippen LogP) is 10.6. The summed E-state index contributed by atoms with van der Waals surface area (Å²) in [6.45, 7) is 0. The number of fused-ring (bicyclic) bond motifs is 5. The molecule has 7 aromatic rings. The standard InChI is InChI=1S/C45H37N3O.Pt/c1-2-10-30(11-3-1)31-19-21-41-39(25-31)38-20-22-43(47-44(38)48(41)42-18-6-7-23-46-42)49-36-16-8-14-32(24-36)37-17-9-15-35-28-45(29-40(35)37)26-33-12-4-5-13-34(33)27-45;/h4-9,12-16,18-23,25,30H,1-3,10-11,26-29H2;/q-2;+2. The second-order valence-electron chi connectivity index (χ2n) is 14.5. The summed E-state index contributed by atoms with van der Waals surface area (Å²) in [5.41, 5.74) is 11.7. The Balaban J connectivity index is 0.00000336. The van der Waals surface area contributed by atoms with E-state index in [9.17, 15) is 0 Å². The molecule has 3 aliphatic rings. The van der Waals surface area contributed by atoms with Crippen LogP contribution in [0.1, 0.15) is 65.8 Å². The van der Waals surface area contributed by atoms with Crippen molar-refractivity contribution in [1.29, 1.82) is 0 Å². The third-order valence-electron chi connectivity index (χ3n) is 11.4. The first kappa shape index (κ1) is 31.4. The van der Waals surface area contributed by atoms with Crippen LogP contribution in [-0.2, 0) is 46.7 Å². The Morgan fingerprint density at radius 1 is 0.740 bits per heavy atom. The maximum absolute atomic E-state index is 6.50. The Labute approximate surface area is 307 Å². The number of rotatable bonds is 5. The van der Waals surface area contributed by atoms with Crippen molar-refractivity contribution in [3.05, 3.63) is 149 Å². The molecule has 3 aliphatic carbocycles. The van der Waals surface area contributed by atoms with E-state index in [1.54, 1.807) is 0 Å². The van der Waals surface area contributed by atoms with Crippen LogP contribution in [0.5, 0.6) is 11.6 Å². The molecule has 1 fully saturated rings. The molecular formula is C45H37N3OPt. The summed E-state index contributed by atoms with van der Waals surface area (Å²) >= 11 is 0. The summed E-state index contributed by atoms with van der Waals surface area (Å²) in [6, 6.07) is 43.8. The first-order chi connectivity index (χ1) is 24.2. The number of ether oxygens (including phenoxy) is 1. The fourth-order valence-corrected chi connectivity index (χ4v) is 9.17. The Morgan fingerprint density at radius 3 is 2.38 bits per heavy atom. The van der Waals surface area contributed by atoms with Gasteiger partial charge in [0.1, 0.15) is 5.82 Å². The molecule has 0 saturated heterocycles. The topological polar surface area (TPSA) is 39.9 Å². The van der Waals surface area contributed by atoms with Gasteiger partial charge in [0.15, 0.2) is 5.65 Å². The predicted molar refractivity (Wildman–Crippen MR) is 196 cm³/mol. The second kappa shape index (κ2) is 12.7. The average Bonchev–Trinajstić information content (AvgIpc) is 3.81. The minimum absolute atomic E-state index is 0. The maximum Gasteiger partial charge on any atom is 2.00 e. The fourth-order valence-electron chi connectivity index (χ4n) is 9.17. The van der Waals surface area contributed by atoms with Gasteiger partial charge in [-0.1, -0.05) is 62.1 Å². The summed E-state index contributed by atoms with van der Waals surface area (Å²) in [6.07, 6.45) is 12.9. The van der Waals surface area contributed by atoms with Gasteiger partial charge in [-0.2, -0.15) is 34.8 Å². The molecule has 0 amide bonds. The van der Waals surface area contributed by atoms with Gasteiger partial charge in [0.25, 0.3) is 0 Å². The molecule has 3 aromatic heterocycles. The van der Waals surface area contributed by atoms with Gasteiger partial charge in [-0.25, -0.2) is 16.1 Å². The SMILES string of the molecule is [Pt+2].[c-]1c(Oc2ccc3c4cc(C5CCCCC5)ccc4n(-c4ccccn4)c3n2)cccc1-c1[c-]ccc2c1CC1(Cc3ccccc3C1)C2. The van der Waals surface area contributed by atoms with E-state index in [-0.39, 0.29) is 26.5 Å². The Hall–Kier alpha value is -4.53. The van der Waals surface area contributed by atoms with Crippen LogP contribution in [0.2, 0.25) is 0 Å². The van der Waals surface area contributed by atoms with E-state index in [2.05, 4.69) is 89.5 Å². The van der Waals surface area contributed by atoms with Crippen LogP contribution in [0.4, 0.5) is 0 Å². The van der Waals surface area contributed by atoms with Crippen LogP contribution in [0.3, 0.4) is 0 Å². The number of benzene rings is 4. The molecule has 5 heteroatoms. The van der Waals surface area contributed by atoms with Crippen molar-refractivity contribution >= 4 is 21.9 Å². The van der Waals surface area contributed by atoms with E-state index < -0.39 is 0 Å². The van der Waals surface area contributed by atoms with Gasteiger partial charge in [0.05, 0.1) is 5.52 Å². The molecule has 0 N–H and O–H groups in total. The van der Waals surface area contributed by atoms with Crippen LogP contribution in [0, 0.1) is 17.5 Å². The third kappa shape index (κ3) is 5.40. The summed E-state index contributed by atoms with van der Waals surface area (Å²) < 4.78 is 8.66. The Kier molecular flexibility index (Phi) is 7.96. The molecule has 0 atom stereocenters. The second-order valence-corrected chi connectivity index (χ2v) is 14.5. The molecule has 248 valence electrons. The zero-order chi connectivity index (χ0) is 32.4. The average molecular weight is 831 g/mol. The number of hydrogen-bond donors (Lipinski definition) is 0. The quantitative estimate of drug-likeness (QED) is 0.162. The van der Waals surface area contributed by atoms with E-state index in [1.165, 1.54) is 65.3 Å². The number of aromatic nitrogens is 3. The van der Waals surface area contributed by atoms with E-state index in [4.69, 9.17) is 14.7 Å². The van der Waals surface area contributed by atoms with Gasteiger partial charge >= 0.3 is 21.1 Å². The molecule has 0 radical (unpaired) electrons. The normalized spacial score (nSPS) is 16.4. The zero-order valence-electron chi connectivity index (χ0n) is 27.9. The summed E-state index contributed by atoms with van der Waals surface area (Å²) in [5, 5.41) is 2.33. The van der Waals surface area contributed by atoms with Gasteiger partial charge in [-0.15, -0.1) is 23.8 Å². The van der Waals surface area contributed by atoms with E-state index in [0.29, 0.717) is 17.5 Å². The third-order valence-corrected chi connectivity index (χ3v) is 11.4. The minimum atomic E-state index is 0. The molecule has 4 nitrogen and oxygen atoms in total. The maximum atomic E-state index is 6.50. The summed E-state index contributed by atoms with van der Waals surface area (Å²) in [7, 11) is 0. The molecular weight excluding hydrogens is 794 g/mol. The summed E-state index contributed by atoms with van der Waals surface area (Å²) in [4.78, 5) is 9.86. The van der Waals surface area contributed by atoms with Crippen molar-refractivity contribution in [2.45, 2.75) is 63.7 Å². The molecule has 0 bridgehead atoms. The van der Waals surface area contributed by atoms with Crippen LogP contribution >= 0.6 is 0 Å². The minimum Gasteiger partial charge on any atom is -0.460 e. The van der Waals surface area contributed by atoms with Crippen LogP contribution in [-0.4, -0.2) is 14.5 Å². The smallest absolute Gasteiger partial charge is 0.460 e. The largest absolute Gasteiger partial charge is 2.00 e. The molecule has 10 rings (SSSR count).